The van der Waals surface area contributed by atoms with Crippen molar-refractivity contribution >= 4 is 17.4 Å². The van der Waals surface area contributed by atoms with Crippen molar-refractivity contribution in [3.63, 3.8) is 0 Å². The molecule has 0 spiro atoms. The quantitative estimate of drug-likeness (QED) is 0.838. The molecule has 1 aromatic rings. The summed E-state index contributed by atoms with van der Waals surface area (Å²) in [5.41, 5.74) is -1.05. The van der Waals surface area contributed by atoms with Crippen molar-refractivity contribution in [3.05, 3.63) is 22.8 Å². The van der Waals surface area contributed by atoms with Gasteiger partial charge in [-0.15, -0.1) is 0 Å². The maximum absolute atomic E-state index is 12.3. The third-order valence-electron chi connectivity index (χ3n) is 1.94. The van der Waals surface area contributed by atoms with E-state index in [1.807, 2.05) is 0 Å². The Labute approximate surface area is 104 Å². The van der Waals surface area contributed by atoms with Crippen LogP contribution in [0.4, 0.5) is 27.8 Å². The predicted molar refractivity (Wildman–Crippen MR) is 54.7 cm³/mol. The van der Waals surface area contributed by atoms with Crippen LogP contribution in [-0.2, 0) is 6.18 Å². The molecule has 0 aromatic carbocycles. The van der Waals surface area contributed by atoms with Crippen LogP contribution in [0.1, 0.15) is 5.56 Å². The lowest BCUT2D eigenvalue weighted by Gasteiger charge is -2.13. The number of rotatable bonds is 4. The highest BCUT2D eigenvalue weighted by Crippen LogP contribution is 2.32. The van der Waals surface area contributed by atoms with E-state index in [1.54, 1.807) is 0 Å². The van der Waals surface area contributed by atoms with Crippen LogP contribution in [0.5, 0.6) is 0 Å². The van der Waals surface area contributed by atoms with Crippen molar-refractivity contribution in [2.24, 2.45) is 0 Å². The molecule has 2 N–H and O–H groups in total. The van der Waals surface area contributed by atoms with Crippen LogP contribution in [0.15, 0.2) is 12.3 Å². The van der Waals surface area contributed by atoms with Gasteiger partial charge in [0.25, 0.3) is 6.43 Å². The molecule has 0 aliphatic carbocycles. The largest absolute Gasteiger partial charge is 0.417 e. The zero-order valence-corrected chi connectivity index (χ0v) is 9.43. The van der Waals surface area contributed by atoms with Gasteiger partial charge in [-0.25, -0.2) is 13.8 Å². The van der Waals surface area contributed by atoms with Crippen LogP contribution in [0.2, 0.25) is 5.02 Å². The van der Waals surface area contributed by atoms with E-state index in [0.29, 0.717) is 12.3 Å². The fourth-order valence-electron chi connectivity index (χ4n) is 1.01. The number of nitrogens with zero attached hydrogens (tertiary/aromatic N) is 1. The molecule has 0 bridgehead atoms. The lowest BCUT2D eigenvalue weighted by atomic mass is 10.2. The summed E-state index contributed by atoms with van der Waals surface area (Å²) in [6.07, 6.45) is -8.99. The van der Waals surface area contributed by atoms with Crippen LogP contribution in [0, 0.1) is 0 Å². The minimum atomic E-state index is -4.59. The molecule has 1 unspecified atom stereocenters. The molecule has 1 atom stereocenters. The zero-order chi connectivity index (χ0) is 13.9. The molecule has 3 nitrogen and oxygen atoms in total. The van der Waals surface area contributed by atoms with E-state index in [9.17, 15) is 22.0 Å². The van der Waals surface area contributed by atoms with Crippen LogP contribution in [0.3, 0.4) is 0 Å². The molecular weight excluding hydrogens is 283 g/mol. The van der Waals surface area contributed by atoms with Gasteiger partial charge in [-0.1, -0.05) is 11.6 Å². The number of hydrogen-bond acceptors (Lipinski definition) is 3. The number of pyridine rings is 1. The van der Waals surface area contributed by atoms with Gasteiger partial charge in [-0.05, 0) is 6.07 Å². The molecule has 102 valence electrons. The van der Waals surface area contributed by atoms with Crippen molar-refractivity contribution < 1.29 is 27.1 Å². The molecule has 0 fully saturated rings. The van der Waals surface area contributed by atoms with Crippen molar-refractivity contribution in [2.75, 3.05) is 11.9 Å². The first-order valence-electron chi connectivity index (χ1n) is 4.64. The van der Waals surface area contributed by atoms with E-state index < -0.39 is 30.8 Å². The van der Waals surface area contributed by atoms with Gasteiger partial charge < -0.3 is 10.4 Å². The second kappa shape index (κ2) is 5.66. The summed E-state index contributed by atoms with van der Waals surface area (Å²) in [4.78, 5) is 3.36. The molecule has 0 amide bonds. The normalized spacial score (nSPS) is 13.8. The highest BCUT2D eigenvalue weighted by Gasteiger charge is 2.31. The SMILES string of the molecule is OC(CNc1ncc(C(F)(F)F)cc1Cl)C(F)F. The standard InChI is InChI=1S/C9H8ClF5N2O/c10-5-1-4(9(13,14)15)2-16-8(5)17-3-6(18)7(11)12/h1-2,6-7,18H,3H2,(H,16,17). The molecule has 0 aliphatic rings. The minimum absolute atomic E-state index is 0.204. The van der Waals surface area contributed by atoms with E-state index >= 15 is 0 Å². The zero-order valence-electron chi connectivity index (χ0n) is 8.68. The topological polar surface area (TPSA) is 45.1 Å². The minimum Gasteiger partial charge on any atom is -0.385 e. The molecule has 1 heterocycles. The van der Waals surface area contributed by atoms with Gasteiger partial charge in [0.1, 0.15) is 11.9 Å². The highest BCUT2D eigenvalue weighted by molar-refractivity contribution is 6.32. The first-order chi connectivity index (χ1) is 8.21. The van der Waals surface area contributed by atoms with Crippen LogP contribution in [0.25, 0.3) is 0 Å². The smallest absolute Gasteiger partial charge is 0.385 e. The molecule has 1 aromatic heterocycles. The molecule has 0 aliphatic heterocycles. The van der Waals surface area contributed by atoms with E-state index in [-0.39, 0.29) is 10.8 Å². The van der Waals surface area contributed by atoms with Crippen molar-refractivity contribution in [2.45, 2.75) is 18.7 Å². The maximum atomic E-state index is 12.3. The number of anilines is 1. The first kappa shape index (κ1) is 14.9. The summed E-state index contributed by atoms with van der Waals surface area (Å²) in [5, 5.41) is 10.7. The predicted octanol–water partition coefficient (Wildman–Crippen LogP) is 2.79. The fourth-order valence-corrected chi connectivity index (χ4v) is 1.25. The Bertz CT molecular complexity index is 412. The molecule has 0 radical (unpaired) electrons. The molecule has 1 rings (SSSR count). The number of hydrogen-bond donors (Lipinski definition) is 2. The third kappa shape index (κ3) is 3.95. The highest BCUT2D eigenvalue weighted by atomic mass is 35.5. The van der Waals surface area contributed by atoms with Gasteiger partial charge in [0.2, 0.25) is 0 Å². The summed E-state index contributed by atoms with van der Waals surface area (Å²) in [6.45, 7) is -0.574. The average Bonchev–Trinajstić information content (AvgIpc) is 2.25. The van der Waals surface area contributed by atoms with E-state index in [0.717, 1.165) is 0 Å². The van der Waals surface area contributed by atoms with Crippen LogP contribution >= 0.6 is 11.6 Å². The van der Waals surface area contributed by atoms with Gasteiger partial charge in [0.05, 0.1) is 10.6 Å². The summed E-state index contributed by atoms with van der Waals surface area (Å²) >= 11 is 5.50. The molecule has 0 saturated carbocycles. The van der Waals surface area contributed by atoms with Crippen molar-refractivity contribution in [1.82, 2.24) is 4.98 Å². The molecule has 9 heteroatoms. The summed E-state index contributed by atoms with van der Waals surface area (Å²) in [7, 11) is 0. The van der Waals surface area contributed by atoms with Crippen LogP contribution < -0.4 is 5.32 Å². The first-order valence-corrected chi connectivity index (χ1v) is 5.02. The molecule has 18 heavy (non-hydrogen) atoms. The Morgan fingerprint density at radius 3 is 2.44 bits per heavy atom. The van der Waals surface area contributed by atoms with Crippen LogP contribution in [-0.4, -0.2) is 29.2 Å². The van der Waals surface area contributed by atoms with Crippen molar-refractivity contribution in [1.29, 1.82) is 0 Å². The second-order valence-electron chi connectivity index (χ2n) is 3.33. The lowest BCUT2D eigenvalue weighted by Crippen LogP contribution is -2.27. The summed E-state index contributed by atoms with van der Waals surface area (Å²) < 4.78 is 60.7. The van der Waals surface area contributed by atoms with Gasteiger partial charge in [0, 0.05) is 12.7 Å². The summed E-state index contributed by atoms with van der Waals surface area (Å²) in [6, 6.07) is 0.617. The second-order valence-corrected chi connectivity index (χ2v) is 3.74. The van der Waals surface area contributed by atoms with Gasteiger partial charge in [-0.2, -0.15) is 13.2 Å². The Hall–Kier alpha value is -1.15. The number of halogens is 6. The Kier molecular flexibility index (Phi) is 4.69. The number of alkyl halides is 5. The van der Waals surface area contributed by atoms with E-state index in [4.69, 9.17) is 16.7 Å². The Morgan fingerprint density at radius 1 is 1.39 bits per heavy atom. The molecular formula is C9H8ClF5N2O. The number of aromatic nitrogens is 1. The number of nitrogens with one attached hydrogen (secondary N) is 1. The van der Waals surface area contributed by atoms with E-state index in [1.165, 1.54) is 0 Å². The third-order valence-corrected chi connectivity index (χ3v) is 2.23. The Morgan fingerprint density at radius 2 is 2.00 bits per heavy atom. The summed E-state index contributed by atoms with van der Waals surface area (Å²) in [5.74, 6) is -0.204. The Balaban J connectivity index is 2.75. The fraction of sp³-hybridized carbons (Fsp3) is 0.444. The number of aliphatic hydroxyl groups excluding tert-OH is 1. The van der Waals surface area contributed by atoms with Crippen molar-refractivity contribution in [3.8, 4) is 0 Å². The maximum Gasteiger partial charge on any atom is 0.417 e. The number of aliphatic hydroxyl groups is 1. The van der Waals surface area contributed by atoms with Gasteiger partial charge in [0.15, 0.2) is 0 Å². The average molecular weight is 291 g/mol. The monoisotopic (exact) mass is 290 g/mol. The van der Waals surface area contributed by atoms with E-state index in [2.05, 4.69) is 10.3 Å². The molecule has 0 saturated heterocycles. The van der Waals surface area contributed by atoms with Gasteiger partial charge in [-0.3, -0.25) is 0 Å². The lowest BCUT2D eigenvalue weighted by molar-refractivity contribution is -0.137. The van der Waals surface area contributed by atoms with Gasteiger partial charge >= 0.3 is 6.18 Å².